The molecular formula is C18H18F4N4OS. The number of hydrogen-bond donors (Lipinski definition) is 1. The highest BCUT2D eigenvalue weighted by molar-refractivity contribution is 7.09. The highest BCUT2D eigenvalue weighted by Crippen LogP contribution is 2.40. The number of carbonyl (C=O) groups excluding carboxylic acids is 1. The number of nitrogens with zero attached hydrogens (tertiary/aromatic N) is 3. The first-order valence-corrected chi connectivity index (χ1v) is 9.80. The van der Waals surface area contributed by atoms with Crippen LogP contribution in [0.15, 0.2) is 24.3 Å². The summed E-state index contributed by atoms with van der Waals surface area (Å²) < 4.78 is 56.0. The molecule has 2 atom stereocenters. The van der Waals surface area contributed by atoms with Gasteiger partial charge in [-0.25, -0.2) is 9.37 Å². The van der Waals surface area contributed by atoms with Gasteiger partial charge in [-0.1, -0.05) is 12.1 Å². The Morgan fingerprint density at radius 3 is 2.54 bits per heavy atom. The fourth-order valence-electron chi connectivity index (χ4n) is 3.49. The Hall–Kier alpha value is -2.23. The number of carbonyl (C=O) groups is 1. The third kappa shape index (κ3) is 4.11. The van der Waals surface area contributed by atoms with Crippen molar-refractivity contribution in [2.75, 3.05) is 18.0 Å². The van der Waals surface area contributed by atoms with Crippen LogP contribution in [-0.4, -0.2) is 40.6 Å². The number of nitrogens with one attached hydrogen (secondary N) is 1. The average molecular weight is 414 g/mol. The Morgan fingerprint density at radius 1 is 1.18 bits per heavy atom. The molecule has 1 aliphatic carbocycles. The Bertz CT molecular complexity index is 850. The maximum atomic E-state index is 13.2. The van der Waals surface area contributed by atoms with Crippen molar-refractivity contribution in [2.24, 2.45) is 0 Å². The van der Waals surface area contributed by atoms with Crippen molar-refractivity contribution in [3.8, 4) is 0 Å². The van der Waals surface area contributed by atoms with Gasteiger partial charge in [-0.05, 0) is 37.0 Å². The van der Waals surface area contributed by atoms with Crippen molar-refractivity contribution in [2.45, 2.75) is 43.3 Å². The van der Waals surface area contributed by atoms with Gasteiger partial charge in [0.2, 0.25) is 5.13 Å². The minimum Gasteiger partial charge on any atom is -0.345 e. The summed E-state index contributed by atoms with van der Waals surface area (Å²) in [5, 5.41) is 2.78. The SMILES string of the molecule is O=C(NC1CN(c2nc(C3CC3)ns2)CCC1c1ccc(F)cc1)C(F)(F)F. The van der Waals surface area contributed by atoms with Crippen LogP contribution >= 0.6 is 11.5 Å². The first-order chi connectivity index (χ1) is 13.3. The summed E-state index contributed by atoms with van der Waals surface area (Å²) in [5.74, 6) is -1.56. The van der Waals surface area contributed by atoms with Crippen molar-refractivity contribution in [3.63, 3.8) is 0 Å². The van der Waals surface area contributed by atoms with E-state index in [-0.39, 0.29) is 12.5 Å². The number of anilines is 1. The Labute approximate surface area is 162 Å². The van der Waals surface area contributed by atoms with Gasteiger partial charge < -0.3 is 10.2 Å². The van der Waals surface area contributed by atoms with Gasteiger partial charge >= 0.3 is 12.1 Å². The van der Waals surface area contributed by atoms with Crippen molar-refractivity contribution < 1.29 is 22.4 Å². The molecular weight excluding hydrogens is 396 g/mol. The molecule has 0 radical (unpaired) electrons. The average Bonchev–Trinajstić information content (AvgIpc) is 3.39. The highest BCUT2D eigenvalue weighted by atomic mass is 32.1. The summed E-state index contributed by atoms with van der Waals surface area (Å²) in [5.41, 5.74) is 0.699. The van der Waals surface area contributed by atoms with E-state index in [1.165, 1.54) is 23.7 Å². The number of aromatic nitrogens is 2. The maximum absolute atomic E-state index is 13.2. The van der Waals surface area contributed by atoms with Gasteiger partial charge in [-0.2, -0.15) is 17.5 Å². The first-order valence-electron chi connectivity index (χ1n) is 9.03. The van der Waals surface area contributed by atoms with E-state index in [0.717, 1.165) is 18.7 Å². The van der Waals surface area contributed by atoms with E-state index in [4.69, 9.17) is 0 Å². The minimum atomic E-state index is -4.96. The van der Waals surface area contributed by atoms with Crippen LogP contribution in [0.4, 0.5) is 22.7 Å². The number of amides is 1. The van der Waals surface area contributed by atoms with Crippen molar-refractivity contribution >= 4 is 22.6 Å². The molecule has 1 amide bonds. The molecule has 1 aromatic heterocycles. The first kappa shape index (κ1) is 19.1. The molecule has 1 saturated heterocycles. The normalized spacial score (nSPS) is 22.9. The quantitative estimate of drug-likeness (QED) is 0.777. The zero-order chi connectivity index (χ0) is 19.9. The van der Waals surface area contributed by atoms with Crippen LogP contribution < -0.4 is 10.2 Å². The lowest BCUT2D eigenvalue weighted by atomic mass is 9.85. The smallest absolute Gasteiger partial charge is 0.345 e. The molecule has 10 heteroatoms. The second-order valence-electron chi connectivity index (χ2n) is 7.18. The van der Waals surface area contributed by atoms with Crippen LogP contribution in [-0.2, 0) is 4.79 Å². The van der Waals surface area contributed by atoms with E-state index in [9.17, 15) is 22.4 Å². The summed E-state index contributed by atoms with van der Waals surface area (Å²) in [7, 11) is 0. The maximum Gasteiger partial charge on any atom is 0.471 e. The summed E-state index contributed by atoms with van der Waals surface area (Å²) in [6.45, 7) is 0.753. The summed E-state index contributed by atoms with van der Waals surface area (Å²) in [6, 6.07) is 4.88. The molecule has 1 aliphatic heterocycles. The molecule has 4 rings (SSSR count). The molecule has 28 heavy (non-hydrogen) atoms. The summed E-state index contributed by atoms with van der Waals surface area (Å²) >= 11 is 1.23. The fraction of sp³-hybridized carbons (Fsp3) is 0.500. The standard InChI is InChI=1S/C18H18F4N4OS/c19-12-5-3-10(4-6-12)13-7-8-26(9-14(13)23-16(27)18(20,21)22)17-24-15(25-28-17)11-1-2-11/h3-6,11,13-14H,1-2,7-9H2,(H,23,27). The van der Waals surface area contributed by atoms with E-state index in [2.05, 4.69) is 14.7 Å². The molecule has 0 spiro atoms. The molecule has 5 nitrogen and oxygen atoms in total. The second kappa shape index (κ2) is 7.31. The molecule has 150 valence electrons. The Balaban J connectivity index is 1.55. The van der Waals surface area contributed by atoms with Gasteiger partial charge in [0.05, 0.1) is 6.04 Å². The summed E-state index contributed by atoms with van der Waals surface area (Å²) in [6.07, 6.45) is -2.33. The number of halogens is 4. The molecule has 2 heterocycles. The predicted octanol–water partition coefficient (Wildman–Crippen LogP) is 3.60. The lowest BCUT2D eigenvalue weighted by Crippen LogP contribution is -2.54. The van der Waals surface area contributed by atoms with Crippen molar-refractivity contribution in [1.29, 1.82) is 0 Å². The monoisotopic (exact) mass is 414 g/mol. The van der Waals surface area contributed by atoms with Gasteiger partial charge in [0.15, 0.2) is 0 Å². The number of rotatable bonds is 4. The van der Waals surface area contributed by atoms with Gasteiger partial charge in [0.1, 0.15) is 11.6 Å². The van der Waals surface area contributed by atoms with Crippen LogP contribution in [0.25, 0.3) is 0 Å². The molecule has 1 aromatic carbocycles. The fourth-order valence-corrected chi connectivity index (χ4v) is 4.27. The zero-order valence-electron chi connectivity index (χ0n) is 14.7. The highest BCUT2D eigenvalue weighted by Gasteiger charge is 2.42. The van der Waals surface area contributed by atoms with Gasteiger partial charge in [0.25, 0.3) is 0 Å². The van der Waals surface area contributed by atoms with Crippen LogP contribution in [0, 0.1) is 5.82 Å². The third-order valence-corrected chi connectivity index (χ3v) is 5.92. The van der Waals surface area contributed by atoms with Crippen LogP contribution in [0.5, 0.6) is 0 Å². The van der Waals surface area contributed by atoms with Crippen LogP contribution in [0.3, 0.4) is 0 Å². The zero-order valence-corrected chi connectivity index (χ0v) is 15.6. The summed E-state index contributed by atoms with van der Waals surface area (Å²) in [4.78, 5) is 18.0. The molecule has 2 fully saturated rings. The van der Waals surface area contributed by atoms with Gasteiger partial charge in [0, 0.05) is 36.5 Å². The van der Waals surface area contributed by atoms with Crippen LogP contribution in [0.2, 0.25) is 0 Å². The van der Waals surface area contributed by atoms with Crippen molar-refractivity contribution in [3.05, 3.63) is 41.5 Å². The van der Waals surface area contributed by atoms with E-state index in [1.807, 2.05) is 4.90 Å². The Morgan fingerprint density at radius 2 is 1.89 bits per heavy atom. The number of hydrogen-bond acceptors (Lipinski definition) is 5. The topological polar surface area (TPSA) is 58.1 Å². The molecule has 0 bridgehead atoms. The molecule has 1 N–H and O–H groups in total. The Kier molecular flexibility index (Phi) is 4.98. The predicted molar refractivity (Wildman–Crippen MR) is 95.8 cm³/mol. The van der Waals surface area contributed by atoms with E-state index >= 15 is 0 Å². The lowest BCUT2D eigenvalue weighted by molar-refractivity contribution is -0.174. The second-order valence-corrected chi connectivity index (χ2v) is 7.91. The van der Waals surface area contributed by atoms with Gasteiger partial charge in [-0.3, -0.25) is 4.79 Å². The molecule has 2 aliphatic rings. The van der Waals surface area contributed by atoms with E-state index in [0.29, 0.717) is 29.6 Å². The molecule has 2 aromatic rings. The van der Waals surface area contributed by atoms with E-state index in [1.54, 1.807) is 12.1 Å². The largest absolute Gasteiger partial charge is 0.471 e. The van der Waals surface area contributed by atoms with E-state index < -0.39 is 23.9 Å². The number of piperidine rings is 1. The van der Waals surface area contributed by atoms with Crippen molar-refractivity contribution in [1.82, 2.24) is 14.7 Å². The van der Waals surface area contributed by atoms with Gasteiger partial charge in [-0.15, -0.1) is 0 Å². The molecule has 1 saturated carbocycles. The number of alkyl halides is 3. The lowest BCUT2D eigenvalue weighted by Gasteiger charge is -2.39. The minimum absolute atomic E-state index is 0.184. The number of benzene rings is 1. The molecule has 2 unspecified atom stereocenters. The van der Waals surface area contributed by atoms with Crippen LogP contribution in [0.1, 0.15) is 42.5 Å². The third-order valence-electron chi connectivity index (χ3n) is 5.13.